The van der Waals surface area contributed by atoms with Gasteiger partial charge in [-0.15, -0.1) is 0 Å². The van der Waals surface area contributed by atoms with Crippen LogP contribution < -0.4 is 21.7 Å². The lowest BCUT2D eigenvalue weighted by molar-refractivity contribution is -0.143. The number of para-hydroxylation sites is 1. The van der Waals surface area contributed by atoms with Gasteiger partial charge in [-0.2, -0.15) is 11.8 Å². The molecule has 12 nitrogen and oxygen atoms in total. The predicted molar refractivity (Wildman–Crippen MR) is 134 cm³/mol. The third kappa shape index (κ3) is 8.89. The van der Waals surface area contributed by atoms with E-state index in [-0.39, 0.29) is 19.3 Å². The smallest absolute Gasteiger partial charge is 0.326 e. The molecule has 0 saturated heterocycles. The van der Waals surface area contributed by atoms with Gasteiger partial charge in [0.1, 0.15) is 12.1 Å². The molecule has 0 spiro atoms. The number of carboxylic acids is 2. The van der Waals surface area contributed by atoms with E-state index in [2.05, 4.69) is 20.9 Å². The van der Waals surface area contributed by atoms with Crippen LogP contribution in [0, 0.1) is 0 Å². The molecule has 2 aromatic rings. The number of thioether (sulfide) groups is 1. The number of nitrogens with two attached hydrogens (primary N) is 1. The molecular weight excluding hydrogens is 490 g/mol. The van der Waals surface area contributed by atoms with Crippen LogP contribution in [0.4, 0.5) is 0 Å². The highest BCUT2D eigenvalue weighted by Gasteiger charge is 2.27. The van der Waals surface area contributed by atoms with Crippen molar-refractivity contribution in [3.8, 4) is 0 Å². The second kappa shape index (κ2) is 14.1. The van der Waals surface area contributed by atoms with Crippen LogP contribution in [-0.2, 0) is 30.4 Å². The van der Waals surface area contributed by atoms with Gasteiger partial charge >= 0.3 is 11.9 Å². The van der Waals surface area contributed by atoms with Crippen molar-refractivity contribution in [2.75, 3.05) is 18.6 Å². The Morgan fingerprint density at radius 2 is 1.75 bits per heavy atom. The summed E-state index contributed by atoms with van der Waals surface area (Å²) in [5.41, 5.74) is 7.75. The van der Waals surface area contributed by atoms with E-state index in [0.29, 0.717) is 5.75 Å². The molecule has 0 radical (unpaired) electrons. The fraction of sp³-hybridized carbons (Fsp3) is 0.435. The minimum Gasteiger partial charge on any atom is -0.481 e. The van der Waals surface area contributed by atoms with E-state index in [4.69, 9.17) is 10.8 Å². The van der Waals surface area contributed by atoms with Crippen molar-refractivity contribution in [1.29, 1.82) is 0 Å². The van der Waals surface area contributed by atoms with Crippen LogP contribution in [0.25, 0.3) is 10.9 Å². The summed E-state index contributed by atoms with van der Waals surface area (Å²) in [5.74, 6) is -4.09. The molecule has 0 aliphatic heterocycles. The molecule has 3 unspecified atom stereocenters. The second-order valence-electron chi connectivity index (χ2n) is 8.12. The van der Waals surface area contributed by atoms with Gasteiger partial charge in [0.25, 0.3) is 0 Å². The molecule has 3 atom stereocenters. The van der Waals surface area contributed by atoms with Crippen molar-refractivity contribution in [1.82, 2.24) is 20.9 Å². The van der Waals surface area contributed by atoms with Gasteiger partial charge in [-0.3, -0.25) is 19.2 Å². The first-order valence-electron chi connectivity index (χ1n) is 11.2. The Hall–Kier alpha value is -3.58. The Bertz CT molecular complexity index is 1090. The molecule has 1 heterocycles. The largest absolute Gasteiger partial charge is 0.481 e. The third-order valence-corrected chi connectivity index (χ3v) is 6.04. The number of hydrogen-bond acceptors (Lipinski definition) is 7. The number of nitrogens with one attached hydrogen (secondary N) is 4. The molecule has 1 aromatic heterocycles. The highest BCUT2D eigenvalue weighted by molar-refractivity contribution is 7.98. The molecule has 2 rings (SSSR count). The summed E-state index contributed by atoms with van der Waals surface area (Å²) in [4.78, 5) is 62.9. The number of benzene rings is 1. The van der Waals surface area contributed by atoms with Crippen LogP contribution in [-0.4, -0.2) is 81.5 Å². The number of fused-ring (bicyclic) bond motifs is 1. The Morgan fingerprint density at radius 1 is 1.03 bits per heavy atom. The van der Waals surface area contributed by atoms with E-state index >= 15 is 0 Å². The van der Waals surface area contributed by atoms with Gasteiger partial charge in [-0.05, 0) is 42.9 Å². The average Bonchev–Trinajstić information content (AvgIpc) is 3.24. The minimum atomic E-state index is -1.29. The fourth-order valence-electron chi connectivity index (χ4n) is 3.48. The molecule has 3 amide bonds. The lowest BCUT2D eigenvalue weighted by Gasteiger charge is -2.21. The molecule has 196 valence electrons. The molecule has 0 bridgehead atoms. The molecule has 0 saturated carbocycles. The van der Waals surface area contributed by atoms with Crippen molar-refractivity contribution >= 4 is 52.3 Å². The number of aliphatic carboxylic acids is 2. The molecule has 13 heteroatoms. The summed E-state index contributed by atoms with van der Waals surface area (Å²) in [5, 5.41) is 26.3. The van der Waals surface area contributed by atoms with Crippen LogP contribution in [0.3, 0.4) is 0 Å². The number of amides is 3. The SMILES string of the molecule is CSCCC(NC(=O)C(CCC(=O)O)NC(=O)CNC(=O)C(N)Cc1c[nH]c2ccccc12)C(=O)O. The van der Waals surface area contributed by atoms with E-state index in [0.717, 1.165) is 16.5 Å². The van der Waals surface area contributed by atoms with Gasteiger partial charge < -0.3 is 36.9 Å². The van der Waals surface area contributed by atoms with Gasteiger partial charge in [0, 0.05) is 23.5 Å². The molecule has 36 heavy (non-hydrogen) atoms. The molecule has 0 aliphatic rings. The average molecular weight is 522 g/mol. The molecule has 0 aliphatic carbocycles. The van der Waals surface area contributed by atoms with Gasteiger partial charge in [-0.25, -0.2) is 4.79 Å². The summed E-state index contributed by atoms with van der Waals surface area (Å²) in [6.07, 6.45) is 3.26. The quantitative estimate of drug-likeness (QED) is 0.166. The van der Waals surface area contributed by atoms with E-state index in [1.165, 1.54) is 11.8 Å². The standard InChI is InChI=1S/C23H31N5O7S/c1-36-9-8-18(23(34)35)28-22(33)17(6-7-20(30)31)27-19(29)12-26-21(32)15(24)10-13-11-25-16-5-3-2-4-14(13)16/h2-5,11,15,17-18,25H,6-10,12,24H2,1H3,(H,26,32)(H,27,29)(H,28,33)(H,30,31)(H,34,35). The van der Waals surface area contributed by atoms with Crippen molar-refractivity contribution in [2.45, 2.75) is 43.8 Å². The number of carboxylic acid groups (broad SMARTS) is 2. The summed E-state index contributed by atoms with van der Waals surface area (Å²) in [6.45, 7) is -0.494. The zero-order chi connectivity index (χ0) is 26.7. The van der Waals surface area contributed by atoms with Gasteiger partial charge in [0.15, 0.2) is 0 Å². The maximum absolute atomic E-state index is 12.6. The molecular formula is C23H31N5O7S. The topological polar surface area (TPSA) is 204 Å². The Balaban J connectivity index is 1.92. The second-order valence-corrected chi connectivity index (χ2v) is 9.11. The van der Waals surface area contributed by atoms with Gasteiger partial charge in [-0.1, -0.05) is 18.2 Å². The maximum atomic E-state index is 12.6. The highest BCUT2D eigenvalue weighted by Crippen LogP contribution is 2.18. The molecule has 0 fully saturated rings. The van der Waals surface area contributed by atoms with E-state index < -0.39 is 60.8 Å². The lowest BCUT2D eigenvalue weighted by atomic mass is 10.1. The number of hydrogen-bond donors (Lipinski definition) is 7. The van der Waals surface area contributed by atoms with E-state index in [9.17, 15) is 29.1 Å². The number of aromatic nitrogens is 1. The van der Waals surface area contributed by atoms with Gasteiger partial charge in [0.2, 0.25) is 17.7 Å². The summed E-state index contributed by atoms with van der Waals surface area (Å²) in [6, 6.07) is 4.14. The number of carbonyl (C=O) groups excluding carboxylic acids is 3. The zero-order valence-corrected chi connectivity index (χ0v) is 20.6. The van der Waals surface area contributed by atoms with Crippen molar-refractivity contribution in [3.63, 3.8) is 0 Å². The Kier molecular flexibility index (Phi) is 11.2. The number of aromatic amines is 1. The summed E-state index contributed by atoms with van der Waals surface area (Å²) >= 11 is 1.41. The minimum absolute atomic E-state index is 0.159. The van der Waals surface area contributed by atoms with Crippen LogP contribution in [0.2, 0.25) is 0 Å². The van der Waals surface area contributed by atoms with Gasteiger partial charge in [0.05, 0.1) is 12.6 Å². The highest BCUT2D eigenvalue weighted by atomic mass is 32.2. The van der Waals surface area contributed by atoms with E-state index in [1.807, 2.05) is 24.3 Å². The Labute approximate surface area is 211 Å². The summed E-state index contributed by atoms with van der Waals surface area (Å²) < 4.78 is 0. The monoisotopic (exact) mass is 521 g/mol. The lowest BCUT2D eigenvalue weighted by Crippen LogP contribution is -2.54. The van der Waals surface area contributed by atoms with Crippen LogP contribution in [0.15, 0.2) is 30.5 Å². The molecule has 1 aromatic carbocycles. The maximum Gasteiger partial charge on any atom is 0.326 e. The van der Waals surface area contributed by atoms with Crippen molar-refractivity contribution in [2.24, 2.45) is 5.73 Å². The van der Waals surface area contributed by atoms with Crippen molar-refractivity contribution < 1.29 is 34.2 Å². The first-order chi connectivity index (χ1) is 17.1. The predicted octanol–water partition coefficient (Wildman–Crippen LogP) is -0.174. The molecule has 8 N–H and O–H groups in total. The normalized spacial score (nSPS) is 13.4. The summed E-state index contributed by atoms with van der Waals surface area (Å²) in [7, 11) is 0. The first-order valence-corrected chi connectivity index (χ1v) is 12.6. The zero-order valence-electron chi connectivity index (χ0n) is 19.8. The van der Waals surface area contributed by atoms with Crippen LogP contribution in [0.1, 0.15) is 24.8 Å². The van der Waals surface area contributed by atoms with Crippen molar-refractivity contribution in [3.05, 3.63) is 36.0 Å². The fourth-order valence-corrected chi connectivity index (χ4v) is 3.95. The Morgan fingerprint density at radius 3 is 2.42 bits per heavy atom. The number of rotatable bonds is 15. The number of H-pyrrole nitrogens is 1. The van der Waals surface area contributed by atoms with Crippen LogP contribution in [0.5, 0.6) is 0 Å². The van der Waals surface area contributed by atoms with Crippen LogP contribution >= 0.6 is 11.8 Å². The first kappa shape index (κ1) is 28.7. The third-order valence-electron chi connectivity index (χ3n) is 5.40. The number of carbonyl (C=O) groups is 5. The van der Waals surface area contributed by atoms with E-state index in [1.54, 1.807) is 12.5 Å².